The van der Waals surface area contributed by atoms with E-state index in [9.17, 15) is 0 Å². The molecule has 0 aromatic carbocycles. The molecule has 0 N–H and O–H groups in total. The van der Waals surface area contributed by atoms with Crippen molar-refractivity contribution in [1.82, 2.24) is 4.90 Å². The average Bonchev–Trinajstić information content (AvgIpc) is 2.48. The van der Waals surface area contributed by atoms with Gasteiger partial charge in [-0.25, -0.2) is 0 Å². The lowest BCUT2D eigenvalue weighted by atomic mass is 9.67. The highest BCUT2D eigenvalue weighted by atomic mass is 15.4. The van der Waals surface area contributed by atoms with E-state index in [4.69, 9.17) is 0 Å². The van der Waals surface area contributed by atoms with Gasteiger partial charge in [0.1, 0.15) is 6.34 Å². The Morgan fingerprint density at radius 2 is 1.81 bits per heavy atom. The molecule has 0 saturated heterocycles. The molecule has 3 aliphatic rings. The second-order valence-corrected chi connectivity index (χ2v) is 5.76. The van der Waals surface area contributed by atoms with Crippen LogP contribution in [0.3, 0.4) is 0 Å². The Morgan fingerprint density at radius 3 is 2.56 bits per heavy atom. The van der Waals surface area contributed by atoms with Crippen molar-refractivity contribution < 1.29 is 0 Å². The lowest BCUT2D eigenvalue weighted by Gasteiger charge is -2.56. The first-order valence-electron chi connectivity index (χ1n) is 5.71. The molecule has 2 atom stereocenters. The molecule has 0 aromatic rings. The van der Waals surface area contributed by atoms with Crippen LogP contribution in [-0.4, -0.2) is 28.0 Å². The predicted molar refractivity (Wildman–Crippen MR) is 66.6 cm³/mol. The molecule has 0 bridgehead atoms. The zero-order valence-corrected chi connectivity index (χ0v) is 10.2. The van der Waals surface area contributed by atoms with E-state index in [1.807, 2.05) is 6.34 Å². The Bertz CT molecular complexity index is 470. The Balaban J connectivity index is 2.28. The number of nitrogens with zero attached hydrogens (tertiary/aromatic N) is 3. The summed E-state index contributed by atoms with van der Waals surface area (Å²) in [6.07, 6.45) is 10.8. The van der Waals surface area contributed by atoms with Gasteiger partial charge in [-0.15, -0.1) is 5.10 Å². The van der Waals surface area contributed by atoms with Crippen molar-refractivity contribution in [1.29, 1.82) is 0 Å². The fourth-order valence-corrected chi connectivity index (χ4v) is 3.02. The fourth-order valence-electron chi connectivity index (χ4n) is 3.02. The van der Waals surface area contributed by atoms with Crippen molar-refractivity contribution in [3.8, 4) is 0 Å². The minimum atomic E-state index is -0.0903. The highest BCUT2D eigenvalue weighted by molar-refractivity contribution is 6.08. The van der Waals surface area contributed by atoms with E-state index in [0.717, 1.165) is 5.71 Å². The summed E-state index contributed by atoms with van der Waals surface area (Å²) in [7, 11) is 0. The number of hydrogen-bond donors (Lipinski definition) is 0. The summed E-state index contributed by atoms with van der Waals surface area (Å²) in [6, 6.07) is 0. The Kier molecular flexibility index (Phi) is 1.52. The van der Waals surface area contributed by atoms with Crippen LogP contribution in [-0.2, 0) is 0 Å². The van der Waals surface area contributed by atoms with Crippen LogP contribution in [0, 0.1) is 5.41 Å². The highest BCUT2D eigenvalue weighted by Gasteiger charge is 2.58. The van der Waals surface area contributed by atoms with Crippen molar-refractivity contribution in [2.45, 2.75) is 38.8 Å². The SMILES string of the molecule is CC1(C)C=CC2(C)C=CC3=NN=CN1C32C. The largest absolute Gasteiger partial charge is 0.340 e. The molecule has 1 aliphatic carbocycles. The summed E-state index contributed by atoms with van der Waals surface area (Å²) in [5.74, 6) is 0. The minimum absolute atomic E-state index is 0.00896. The lowest BCUT2D eigenvalue weighted by Crippen LogP contribution is -2.66. The van der Waals surface area contributed by atoms with E-state index in [2.05, 4.69) is 67.1 Å². The normalized spacial score (nSPS) is 42.2. The van der Waals surface area contributed by atoms with Crippen molar-refractivity contribution >= 4 is 12.1 Å². The third-order valence-corrected chi connectivity index (χ3v) is 4.41. The smallest absolute Gasteiger partial charge is 0.115 e. The van der Waals surface area contributed by atoms with Gasteiger partial charge in [-0.3, -0.25) is 0 Å². The maximum Gasteiger partial charge on any atom is 0.115 e. The van der Waals surface area contributed by atoms with Crippen LogP contribution in [0.1, 0.15) is 27.7 Å². The predicted octanol–water partition coefficient (Wildman–Crippen LogP) is 2.37. The Labute approximate surface area is 96.2 Å². The van der Waals surface area contributed by atoms with Crippen LogP contribution in [0.25, 0.3) is 0 Å². The Hall–Kier alpha value is -1.38. The van der Waals surface area contributed by atoms with Crippen molar-refractivity contribution in [2.24, 2.45) is 15.6 Å². The van der Waals surface area contributed by atoms with Gasteiger partial charge in [-0.1, -0.05) is 18.2 Å². The molecule has 84 valence electrons. The summed E-state index contributed by atoms with van der Waals surface area (Å²) in [4.78, 5) is 2.32. The van der Waals surface area contributed by atoms with Gasteiger partial charge < -0.3 is 4.90 Å². The summed E-state index contributed by atoms with van der Waals surface area (Å²) in [6.45, 7) is 8.93. The maximum atomic E-state index is 4.28. The van der Waals surface area contributed by atoms with Crippen LogP contribution >= 0.6 is 0 Å². The van der Waals surface area contributed by atoms with Gasteiger partial charge in [-0.2, -0.15) is 5.10 Å². The molecule has 3 nitrogen and oxygen atoms in total. The van der Waals surface area contributed by atoms with Gasteiger partial charge in [0.25, 0.3) is 0 Å². The highest BCUT2D eigenvalue weighted by Crippen LogP contribution is 2.51. The molecule has 0 fully saturated rings. The molecule has 0 amide bonds. The molecule has 2 heterocycles. The van der Waals surface area contributed by atoms with Crippen molar-refractivity contribution in [2.75, 3.05) is 0 Å². The summed E-state index contributed by atoms with van der Waals surface area (Å²) in [5.41, 5.74) is 0.987. The average molecular weight is 215 g/mol. The third kappa shape index (κ3) is 0.856. The molecule has 0 radical (unpaired) electrons. The van der Waals surface area contributed by atoms with Gasteiger partial charge in [0.2, 0.25) is 0 Å². The zero-order chi connectivity index (χ0) is 11.6. The van der Waals surface area contributed by atoms with Crippen LogP contribution in [0.4, 0.5) is 0 Å². The second-order valence-electron chi connectivity index (χ2n) is 5.76. The van der Waals surface area contributed by atoms with Crippen molar-refractivity contribution in [3.05, 3.63) is 24.3 Å². The first-order valence-corrected chi connectivity index (χ1v) is 5.71. The molecule has 3 rings (SSSR count). The van der Waals surface area contributed by atoms with Crippen LogP contribution < -0.4 is 0 Å². The standard InChI is InChI=1S/C13H17N3/c1-11(2)7-8-12(3)6-5-10-13(12,4)16(11)9-14-15-10/h5-9H,1-4H3. The van der Waals surface area contributed by atoms with Crippen LogP contribution in [0.15, 0.2) is 34.5 Å². The lowest BCUT2D eigenvalue weighted by molar-refractivity contribution is 0.0961. The molecule has 3 heteroatoms. The number of rotatable bonds is 0. The van der Waals surface area contributed by atoms with E-state index in [0.29, 0.717) is 0 Å². The Morgan fingerprint density at radius 1 is 1.06 bits per heavy atom. The van der Waals surface area contributed by atoms with E-state index in [1.54, 1.807) is 0 Å². The van der Waals surface area contributed by atoms with Gasteiger partial charge in [-0.05, 0) is 33.8 Å². The van der Waals surface area contributed by atoms with E-state index in [-0.39, 0.29) is 16.5 Å². The topological polar surface area (TPSA) is 28.0 Å². The molecule has 0 saturated carbocycles. The molecule has 2 unspecified atom stereocenters. The zero-order valence-electron chi connectivity index (χ0n) is 10.2. The minimum Gasteiger partial charge on any atom is -0.340 e. The summed E-state index contributed by atoms with van der Waals surface area (Å²) in [5, 5.41) is 8.40. The summed E-state index contributed by atoms with van der Waals surface area (Å²) < 4.78 is 0. The molecule has 0 aromatic heterocycles. The summed E-state index contributed by atoms with van der Waals surface area (Å²) >= 11 is 0. The van der Waals surface area contributed by atoms with E-state index in [1.165, 1.54) is 0 Å². The van der Waals surface area contributed by atoms with E-state index < -0.39 is 0 Å². The van der Waals surface area contributed by atoms with Crippen LogP contribution in [0.5, 0.6) is 0 Å². The second kappa shape index (κ2) is 2.47. The fraction of sp³-hybridized carbons (Fsp3) is 0.538. The molecule has 0 spiro atoms. The maximum absolute atomic E-state index is 4.28. The van der Waals surface area contributed by atoms with E-state index >= 15 is 0 Å². The third-order valence-electron chi connectivity index (χ3n) is 4.41. The molecule has 16 heavy (non-hydrogen) atoms. The van der Waals surface area contributed by atoms with Gasteiger partial charge >= 0.3 is 0 Å². The van der Waals surface area contributed by atoms with Gasteiger partial charge in [0.05, 0.1) is 16.8 Å². The monoisotopic (exact) mass is 215 g/mol. The first-order chi connectivity index (χ1) is 7.40. The molecule has 2 aliphatic heterocycles. The van der Waals surface area contributed by atoms with Gasteiger partial charge in [0.15, 0.2) is 0 Å². The van der Waals surface area contributed by atoms with Crippen molar-refractivity contribution in [3.63, 3.8) is 0 Å². The molecular formula is C13H17N3. The number of hydrogen-bond acceptors (Lipinski definition) is 3. The van der Waals surface area contributed by atoms with Crippen LogP contribution in [0.2, 0.25) is 0 Å². The van der Waals surface area contributed by atoms with Gasteiger partial charge in [0, 0.05) is 5.41 Å². The quantitative estimate of drug-likeness (QED) is 0.570. The first kappa shape index (κ1) is 9.82. The molecular weight excluding hydrogens is 198 g/mol.